The molecule has 11 heteroatoms. The molecule has 0 aliphatic carbocycles. The normalized spacial score (nSPS) is 12.4. The molecule has 0 saturated heterocycles. The number of carbonyl (C=O) groups excluding carboxylic acids is 2. The number of carbonyl (C=O) groups is 2. The zero-order chi connectivity index (χ0) is 25.8. The monoisotopic (exact) mass is 547 g/mol. The fourth-order valence-electron chi connectivity index (χ4n) is 3.29. The topological polar surface area (TPSA) is 86.8 Å². The summed E-state index contributed by atoms with van der Waals surface area (Å²) in [5.41, 5.74) is 1.81. The number of halogens is 3. The Kier molecular flexibility index (Phi) is 9.65. The molecule has 0 aromatic heterocycles. The van der Waals surface area contributed by atoms with Gasteiger partial charge in [-0.05, 0) is 45.4 Å². The first-order valence-corrected chi connectivity index (χ1v) is 13.5. The number of hydrogen-bond donors (Lipinski definition) is 1. The summed E-state index contributed by atoms with van der Waals surface area (Å²) < 4.78 is 26.1. The molecular weight excluding hydrogens is 521 g/mol. The second kappa shape index (κ2) is 11.6. The van der Waals surface area contributed by atoms with Gasteiger partial charge >= 0.3 is 0 Å². The number of rotatable bonds is 9. The third-order valence-electron chi connectivity index (χ3n) is 4.97. The Morgan fingerprint density at radius 1 is 1.00 bits per heavy atom. The van der Waals surface area contributed by atoms with Gasteiger partial charge in [-0.1, -0.05) is 64.6 Å². The number of aryl methyl sites for hydroxylation is 1. The van der Waals surface area contributed by atoms with Crippen molar-refractivity contribution in [2.45, 2.75) is 46.3 Å². The Labute approximate surface area is 216 Å². The largest absolute Gasteiger partial charge is 0.352 e. The molecule has 1 atom stereocenters. The first-order chi connectivity index (χ1) is 15.7. The van der Waals surface area contributed by atoms with Gasteiger partial charge in [0.1, 0.15) is 12.6 Å². The van der Waals surface area contributed by atoms with E-state index >= 15 is 0 Å². The third kappa shape index (κ3) is 7.50. The second-order valence-electron chi connectivity index (χ2n) is 8.34. The first-order valence-electron chi connectivity index (χ1n) is 10.5. The maximum absolute atomic E-state index is 13.5. The molecule has 2 rings (SSSR count). The number of hydrogen-bond acceptors (Lipinski definition) is 4. The highest BCUT2D eigenvalue weighted by Crippen LogP contribution is 2.35. The Morgan fingerprint density at radius 3 is 2.18 bits per heavy atom. The molecule has 1 N–H and O–H groups in total. The lowest BCUT2D eigenvalue weighted by Gasteiger charge is -2.32. The van der Waals surface area contributed by atoms with E-state index in [1.165, 1.54) is 17.0 Å². The molecule has 2 aromatic rings. The van der Waals surface area contributed by atoms with Crippen LogP contribution in [-0.2, 0) is 26.2 Å². The van der Waals surface area contributed by atoms with Crippen molar-refractivity contribution in [3.63, 3.8) is 0 Å². The molecule has 0 unspecified atom stereocenters. The molecule has 186 valence electrons. The number of nitrogens with zero attached hydrogens (tertiary/aromatic N) is 2. The molecule has 0 spiro atoms. The van der Waals surface area contributed by atoms with Crippen LogP contribution in [0.2, 0.25) is 15.1 Å². The summed E-state index contributed by atoms with van der Waals surface area (Å²) in [6.45, 7) is 6.68. The van der Waals surface area contributed by atoms with Crippen LogP contribution >= 0.6 is 34.8 Å². The van der Waals surface area contributed by atoms with Gasteiger partial charge in [-0.3, -0.25) is 13.9 Å². The molecule has 0 fully saturated rings. The fourth-order valence-corrected chi connectivity index (χ4v) is 4.84. The van der Waals surface area contributed by atoms with E-state index in [1.54, 1.807) is 6.92 Å². The SMILES string of the molecule is Cc1cccc(CN(C(=O)CN(c2cc(Cl)c(Cl)cc2Cl)S(C)(=O)=O)[C@H](C)C(=O)NC(C)C)c1. The standard InChI is InChI=1S/C23H28Cl3N3O4S/c1-14(2)27-23(31)16(4)28(12-17-8-6-7-15(3)9-17)22(30)13-29(34(5,32)33)21-11-19(25)18(24)10-20(21)26/h6-11,14,16H,12-13H2,1-5H3,(H,27,31)/t16-/m1/s1. The van der Waals surface area contributed by atoms with E-state index in [9.17, 15) is 18.0 Å². The second-order valence-corrected chi connectivity index (χ2v) is 11.5. The van der Waals surface area contributed by atoms with E-state index in [0.717, 1.165) is 21.7 Å². The van der Waals surface area contributed by atoms with Crippen LogP contribution in [0.25, 0.3) is 0 Å². The van der Waals surface area contributed by atoms with Crippen LogP contribution < -0.4 is 9.62 Å². The summed E-state index contributed by atoms with van der Waals surface area (Å²) in [5, 5.41) is 3.05. The lowest BCUT2D eigenvalue weighted by Crippen LogP contribution is -2.52. The minimum Gasteiger partial charge on any atom is -0.352 e. The molecule has 0 bridgehead atoms. The van der Waals surface area contributed by atoms with Crippen LogP contribution in [-0.4, -0.2) is 50.0 Å². The number of nitrogens with one attached hydrogen (secondary N) is 1. The maximum atomic E-state index is 13.5. The van der Waals surface area contributed by atoms with Gasteiger partial charge < -0.3 is 10.2 Å². The van der Waals surface area contributed by atoms with E-state index in [4.69, 9.17) is 34.8 Å². The van der Waals surface area contributed by atoms with Crippen LogP contribution in [0.4, 0.5) is 5.69 Å². The van der Waals surface area contributed by atoms with Gasteiger partial charge in [-0.15, -0.1) is 0 Å². The third-order valence-corrected chi connectivity index (χ3v) is 7.12. The average molecular weight is 549 g/mol. The van der Waals surface area contributed by atoms with Crippen molar-refractivity contribution in [1.82, 2.24) is 10.2 Å². The van der Waals surface area contributed by atoms with Crippen LogP contribution in [0.15, 0.2) is 36.4 Å². The van der Waals surface area contributed by atoms with Crippen LogP contribution in [0.5, 0.6) is 0 Å². The highest BCUT2D eigenvalue weighted by atomic mass is 35.5. The molecule has 7 nitrogen and oxygen atoms in total. The first kappa shape index (κ1) is 28.2. The predicted molar refractivity (Wildman–Crippen MR) is 138 cm³/mol. The van der Waals surface area contributed by atoms with Crippen molar-refractivity contribution in [3.8, 4) is 0 Å². The van der Waals surface area contributed by atoms with E-state index < -0.39 is 28.5 Å². The van der Waals surface area contributed by atoms with Gasteiger partial charge in [0.15, 0.2) is 0 Å². The van der Waals surface area contributed by atoms with Gasteiger partial charge in [0.05, 0.1) is 27.0 Å². The van der Waals surface area contributed by atoms with E-state index in [0.29, 0.717) is 0 Å². The molecule has 0 saturated carbocycles. The number of anilines is 1. The summed E-state index contributed by atoms with van der Waals surface area (Å²) in [6, 6.07) is 9.12. The summed E-state index contributed by atoms with van der Waals surface area (Å²) in [6.07, 6.45) is 0.957. The van der Waals surface area contributed by atoms with Crippen LogP contribution in [0, 0.1) is 6.92 Å². The highest BCUT2D eigenvalue weighted by molar-refractivity contribution is 7.92. The van der Waals surface area contributed by atoms with E-state index in [-0.39, 0.29) is 39.2 Å². The summed E-state index contributed by atoms with van der Waals surface area (Å²) in [5.74, 6) is -0.935. The van der Waals surface area contributed by atoms with Crippen molar-refractivity contribution in [2.75, 3.05) is 17.1 Å². The lowest BCUT2D eigenvalue weighted by molar-refractivity contribution is -0.139. The Bertz CT molecular complexity index is 1170. The van der Waals surface area contributed by atoms with Crippen LogP contribution in [0.3, 0.4) is 0 Å². The van der Waals surface area contributed by atoms with Gasteiger partial charge in [-0.2, -0.15) is 0 Å². The number of amides is 2. The van der Waals surface area contributed by atoms with Gasteiger partial charge in [-0.25, -0.2) is 8.42 Å². The highest BCUT2D eigenvalue weighted by Gasteiger charge is 2.31. The lowest BCUT2D eigenvalue weighted by atomic mass is 10.1. The molecule has 0 heterocycles. The number of benzene rings is 2. The summed E-state index contributed by atoms with van der Waals surface area (Å²) in [4.78, 5) is 27.6. The fraction of sp³-hybridized carbons (Fsp3) is 0.391. The zero-order valence-electron chi connectivity index (χ0n) is 19.6. The van der Waals surface area contributed by atoms with Crippen molar-refractivity contribution in [3.05, 3.63) is 62.6 Å². The Balaban J connectivity index is 2.46. The minimum absolute atomic E-state index is 0.0155. The summed E-state index contributed by atoms with van der Waals surface area (Å²) >= 11 is 18.3. The van der Waals surface area contributed by atoms with Crippen molar-refractivity contribution in [2.24, 2.45) is 0 Å². The van der Waals surface area contributed by atoms with Crippen molar-refractivity contribution >= 4 is 62.3 Å². The molecule has 0 aliphatic heterocycles. The molecule has 0 radical (unpaired) electrons. The van der Waals surface area contributed by atoms with Gasteiger partial charge in [0.2, 0.25) is 21.8 Å². The van der Waals surface area contributed by atoms with Gasteiger partial charge in [0.25, 0.3) is 0 Å². The van der Waals surface area contributed by atoms with E-state index in [2.05, 4.69) is 5.32 Å². The smallest absolute Gasteiger partial charge is 0.244 e. The van der Waals surface area contributed by atoms with Crippen molar-refractivity contribution in [1.29, 1.82) is 0 Å². The summed E-state index contributed by atoms with van der Waals surface area (Å²) in [7, 11) is -3.94. The number of sulfonamides is 1. The average Bonchev–Trinajstić information content (AvgIpc) is 2.71. The minimum atomic E-state index is -3.94. The van der Waals surface area contributed by atoms with Crippen LogP contribution in [0.1, 0.15) is 31.9 Å². The molecule has 2 aromatic carbocycles. The Hall–Kier alpha value is -2.00. The molecule has 34 heavy (non-hydrogen) atoms. The van der Waals surface area contributed by atoms with Crippen molar-refractivity contribution < 1.29 is 18.0 Å². The zero-order valence-corrected chi connectivity index (χ0v) is 22.7. The van der Waals surface area contributed by atoms with Gasteiger partial charge in [0, 0.05) is 12.6 Å². The molecule has 2 amide bonds. The molecular formula is C23H28Cl3N3O4S. The predicted octanol–water partition coefficient (Wildman–Crippen LogP) is 4.66. The van der Waals surface area contributed by atoms with E-state index in [1.807, 2.05) is 45.0 Å². The molecule has 0 aliphatic rings. The Morgan fingerprint density at radius 2 is 1.62 bits per heavy atom. The quantitative estimate of drug-likeness (QED) is 0.462. The maximum Gasteiger partial charge on any atom is 0.244 e.